The van der Waals surface area contributed by atoms with E-state index in [4.69, 9.17) is 4.42 Å². The lowest BCUT2D eigenvalue weighted by molar-refractivity contribution is -0.720. The molecule has 0 saturated carbocycles. The highest BCUT2D eigenvalue weighted by Gasteiger charge is 2.28. The molecule has 26 heavy (non-hydrogen) atoms. The standard InChI is InChI=1S/C22H24N2O2/c1-15-11-12-16(2)19(14-15)24-22(25)21(18-8-5-4-6-9-18)23-17(3)20-10-7-13-26-20/h4-14,17,21,23H,1-3H3,(H,24,25)/p+1/t17-,21-/m1/s1. The Hall–Kier alpha value is -2.85. The van der Waals surface area contributed by atoms with E-state index in [0.29, 0.717) is 0 Å². The topological polar surface area (TPSA) is 58.9 Å². The molecule has 2 aromatic carbocycles. The zero-order valence-electron chi connectivity index (χ0n) is 15.4. The van der Waals surface area contributed by atoms with Gasteiger partial charge in [0.1, 0.15) is 6.04 Å². The summed E-state index contributed by atoms with van der Waals surface area (Å²) in [6.07, 6.45) is 1.66. The Morgan fingerprint density at radius 3 is 2.50 bits per heavy atom. The fourth-order valence-corrected chi connectivity index (χ4v) is 3.03. The second-order valence-electron chi connectivity index (χ2n) is 6.69. The molecule has 1 amide bonds. The van der Waals surface area contributed by atoms with Crippen LogP contribution in [-0.4, -0.2) is 5.91 Å². The van der Waals surface area contributed by atoms with E-state index in [1.165, 1.54) is 0 Å². The van der Waals surface area contributed by atoms with Crippen molar-refractivity contribution < 1.29 is 14.5 Å². The molecular weight excluding hydrogens is 324 g/mol. The maximum atomic E-state index is 13.1. The van der Waals surface area contributed by atoms with Crippen LogP contribution >= 0.6 is 0 Å². The van der Waals surface area contributed by atoms with Crippen LogP contribution in [0.25, 0.3) is 0 Å². The Balaban J connectivity index is 1.85. The molecule has 0 saturated heterocycles. The number of hydrogen-bond donors (Lipinski definition) is 2. The summed E-state index contributed by atoms with van der Waals surface area (Å²) in [6, 6.07) is 19.4. The zero-order chi connectivity index (χ0) is 18.5. The molecule has 0 aliphatic rings. The van der Waals surface area contributed by atoms with Crippen molar-refractivity contribution in [1.82, 2.24) is 0 Å². The van der Waals surface area contributed by atoms with E-state index in [-0.39, 0.29) is 18.0 Å². The van der Waals surface area contributed by atoms with Crippen LogP contribution in [0, 0.1) is 13.8 Å². The van der Waals surface area contributed by atoms with E-state index in [1.54, 1.807) is 6.26 Å². The summed E-state index contributed by atoms with van der Waals surface area (Å²) in [6.45, 7) is 6.07. The van der Waals surface area contributed by atoms with E-state index >= 15 is 0 Å². The number of quaternary nitrogens is 1. The van der Waals surface area contributed by atoms with Crippen molar-refractivity contribution in [3.8, 4) is 0 Å². The average molecular weight is 349 g/mol. The first-order valence-electron chi connectivity index (χ1n) is 8.86. The number of nitrogens with one attached hydrogen (secondary N) is 1. The van der Waals surface area contributed by atoms with E-state index < -0.39 is 0 Å². The molecule has 0 bridgehead atoms. The number of carbonyl (C=O) groups excluding carboxylic acids is 1. The fraction of sp³-hybridized carbons (Fsp3) is 0.227. The van der Waals surface area contributed by atoms with Crippen molar-refractivity contribution in [3.63, 3.8) is 0 Å². The van der Waals surface area contributed by atoms with Crippen molar-refractivity contribution in [1.29, 1.82) is 0 Å². The van der Waals surface area contributed by atoms with Crippen LogP contribution in [0.2, 0.25) is 0 Å². The number of benzene rings is 2. The number of hydrogen-bond acceptors (Lipinski definition) is 2. The van der Waals surface area contributed by atoms with Gasteiger partial charge >= 0.3 is 0 Å². The van der Waals surface area contributed by atoms with Crippen molar-refractivity contribution in [2.45, 2.75) is 32.9 Å². The van der Waals surface area contributed by atoms with Crippen LogP contribution in [0.3, 0.4) is 0 Å². The Bertz CT molecular complexity index is 857. The van der Waals surface area contributed by atoms with E-state index in [1.807, 2.05) is 86.8 Å². The van der Waals surface area contributed by atoms with Crippen LogP contribution in [0.4, 0.5) is 5.69 Å². The van der Waals surface area contributed by atoms with E-state index in [9.17, 15) is 4.79 Å². The monoisotopic (exact) mass is 349 g/mol. The molecule has 0 radical (unpaired) electrons. The molecule has 1 heterocycles. The van der Waals surface area contributed by atoms with Crippen LogP contribution < -0.4 is 10.6 Å². The number of carbonyl (C=O) groups is 1. The lowest BCUT2D eigenvalue weighted by Crippen LogP contribution is -2.87. The Labute approximate surface area is 154 Å². The summed E-state index contributed by atoms with van der Waals surface area (Å²) in [7, 11) is 0. The SMILES string of the molecule is Cc1ccc(C)c(NC(=O)[C@H]([NH2+][C@H](C)c2ccco2)c2ccccc2)c1. The minimum atomic E-state index is -0.365. The summed E-state index contributed by atoms with van der Waals surface area (Å²) in [5, 5.41) is 5.14. The molecule has 0 aliphatic carbocycles. The van der Waals surface area contributed by atoms with Crippen LogP contribution in [-0.2, 0) is 4.79 Å². The molecule has 0 aliphatic heterocycles. The van der Waals surface area contributed by atoms with E-state index in [2.05, 4.69) is 5.32 Å². The molecule has 3 aromatic rings. The summed E-state index contributed by atoms with van der Waals surface area (Å²) < 4.78 is 5.50. The Morgan fingerprint density at radius 1 is 1.04 bits per heavy atom. The predicted octanol–water partition coefficient (Wildman–Crippen LogP) is 3.90. The molecule has 2 atom stereocenters. The maximum absolute atomic E-state index is 13.1. The molecule has 3 N–H and O–H groups in total. The molecule has 0 unspecified atom stereocenters. The molecule has 4 nitrogen and oxygen atoms in total. The Kier molecular flexibility index (Phi) is 5.54. The zero-order valence-corrected chi connectivity index (χ0v) is 15.4. The third-order valence-electron chi connectivity index (χ3n) is 4.57. The second-order valence-corrected chi connectivity index (χ2v) is 6.69. The normalized spacial score (nSPS) is 13.2. The number of aryl methyl sites for hydroxylation is 2. The first kappa shape index (κ1) is 18.0. The van der Waals surface area contributed by atoms with Gasteiger partial charge in [-0.25, -0.2) is 0 Å². The Morgan fingerprint density at radius 2 is 1.81 bits per heavy atom. The second kappa shape index (κ2) is 8.02. The summed E-state index contributed by atoms with van der Waals surface area (Å²) in [5.41, 5.74) is 3.99. The van der Waals surface area contributed by atoms with Crippen LogP contribution in [0.15, 0.2) is 71.3 Å². The number of furan rings is 1. The van der Waals surface area contributed by atoms with Gasteiger partial charge in [-0.1, -0.05) is 42.5 Å². The lowest BCUT2D eigenvalue weighted by Gasteiger charge is -2.20. The minimum Gasteiger partial charge on any atom is -0.463 e. The highest BCUT2D eigenvalue weighted by Crippen LogP contribution is 2.19. The third kappa shape index (κ3) is 4.21. The number of rotatable bonds is 6. The van der Waals surface area contributed by atoms with Gasteiger partial charge in [-0.05, 0) is 50.1 Å². The maximum Gasteiger partial charge on any atom is 0.287 e. The van der Waals surface area contributed by atoms with Crippen LogP contribution in [0.1, 0.15) is 41.5 Å². The lowest BCUT2D eigenvalue weighted by atomic mass is 10.0. The van der Waals surface area contributed by atoms with Crippen molar-refractivity contribution in [3.05, 3.63) is 89.4 Å². The number of nitrogens with two attached hydrogens (primary N) is 1. The molecule has 134 valence electrons. The predicted molar refractivity (Wildman–Crippen MR) is 103 cm³/mol. The molecule has 0 spiro atoms. The van der Waals surface area contributed by atoms with Gasteiger partial charge in [-0.15, -0.1) is 0 Å². The molecule has 0 fully saturated rings. The van der Waals surface area contributed by atoms with Gasteiger partial charge in [0.2, 0.25) is 0 Å². The van der Waals surface area contributed by atoms with Gasteiger partial charge in [0, 0.05) is 11.3 Å². The number of anilines is 1. The highest BCUT2D eigenvalue weighted by atomic mass is 16.3. The largest absolute Gasteiger partial charge is 0.463 e. The molecular formula is C22H25N2O2+. The summed E-state index contributed by atoms with van der Waals surface area (Å²) in [5.74, 6) is 0.814. The van der Waals surface area contributed by atoms with Crippen molar-refractivity contribution in [2.75, 3.05) is 5.32 Å². The van der Waals surface area contributed by atoms with Gasteiger partial charge in [0.05, 0.1) is 6.26 Å². The highest BCUT2D eigenvalue weighted by molar-refractivity contribution is 5.95. The van der Waals surface area contributed by atoms with Gasteiger partial charge in [0.15, 0.2) is 11.8 Å². The average Bonchev–Trinajstić information content (AvgIpc) is 3.18. The van der Waals surface area contributed by atoms with Gasteiger partial charge < -0.3 is 15.1 Å². The summed E-state index contributed by atoms with van der Waals surface area (Å²) in [4.78, 5) is 13.1. The molecule has 4 heteroatoms. The number of amides is 1. The quantitative estimate of drug-likeness (QED) is 0.709. The first-order valence-corrected chi connectivity index (χ1v) is 8.86. The fourth-order valence-electron chi connectivity index (χ4n) is 3.03. The van der Waals surface area contributed by atoms with Gasteiger partial charge in [0.25, 0.3) is 5.91 Å². The minimum absolute atomic E-state index is 0.0274. The summed E-state index contributed by atoms with van der Waals surface area (Å²) >= 11 is 0. The van der Waals surface area contributed by atoms with Gasteiger partial charge in [-0.3, -0.25) is 4.79 Å². The van der Waals surface area contributed by atoms with Gasteiger partial charge in [-0.2, -0.15) is 0 Å². The smallest absolute Gasteiger partial charge is 0.287 e. The molecule has 3 rings (SSSR count). The van der Waals surface area contributed by atoms with Crippen molar-refractivity contribution >= 4 is 11.6 Å². The first-order chi connectivity index (χ1) is 12.5. The van der Waals surface area contributed by atoms with Crippen LogP contribution in [0.5, 0.6) is 0 Å². The third-order valence-corrected chi connectivity index (χ3v) is 4.57. The van der Waals surface area contributed by atoms with Crippen molar-refractivity contribution in [2.24, 2.45) is 0 Å². The van der Waals surface area contributed by atoms with E-state index in [0.717, 1.165) is 28.1 Å². The molecule has 1 aromatic heterocycles.